The molecule has 1 rings (SSSR count). The molecule has 0 bridgehead atoms. The number of pyridine rings is 1. The summed E-state index contributed by atoms with van der Waals surface area (Å²) in [6.45, 7) is 0. The molecule has 0 atom stereocenters. The molecule has 0 aromatic carbocycles. The number of halogens is 1. The van der Waals surface area contributed by atoms with Crippen LogP contribution in [0.4, 0.5) is 0 Å². The van der Waals surface area contributed by atoms with Gasteiger partial charge in [0.25, 0.3) is 0 Å². The first-order chi connectivity index (χ1) is 4.88. The summed E-state index contributed by atoms with van der Waals surface area (Å²) in [4.78, 5) is 3.99. The van der Waals surface area contributed by atoms with Gasteiger partial charge in [0.1, 0.15) is 0 Å². The summed E-state index contributed by atoms with van der Waals surface area (Å²) in [5.74, 6) is 2.87. The van der Waals surface area contributed by atoms with E-state index in [-0.39, 0.29) is 0 Å². The van der Waals surface area contributed by atoms with Crippen LogP contribution in [-0.4, -0.2) is 4.98 Å². The smallest absolute Gasteiger partial charge is 0.0707 e. The molecule has 0 fully saturated rings. The van der Waals surface area contributed by atoms with Crippen LogP contribution in [0.5, 0.6) is 0 Å². The van der Waals surface area contributed by atoms with E-state index in [4.69, 9.17) is 18.0 Å². The van der Waals surface area contributed by atoms with Crippen LogP contribution in [0.2, 0.25) is 0 Å². The summed E-state index contributed by atoms with van der Waals surface area (Å²) >= 11 is 5.55. The van der Waals surface area contributed by atoms with Gasteiger partial charge in [-0.25, -0.2) is 0 Å². The molecular weight excluding hydrogens is 146 g/mol. The average Bonchev–Trinajstić information content (AvgIpc) is 2.04. The molecule has 50 valence electrons. The minimum atomic E-state index is 0.375. The lowest BCUT2D eigenvalue weighted by molar-refractivity contribution is 1.16. The van der Waals surface area contributed by atoms with E-state index >= 15 is 0 Å². The van der Waals surface area contributed by atoms with Gasteiger partial charge in [-0.3, -0.25) is 4.98 Å². The highest BCUT2D eigenvalue weighted by Gasteiger charge is 1.95. The molecule has 0 saturated heterocycles. The molecule has 0 amide bonds. The fourth-order valence-corrected chi connectivity index (χ4v) is 0.889. The predicted octanol–water partition coefficient (Wildman–Crippen LogP) is 1.80. The molecule has 10 heavy (non-hydrogen) atoms. The summed E-state index contributed by atoms with van der Waals surface area (Å²) in [5.41, 5.74) is 1.55. The zero-order valence-corrected chi connectivity index (χ0v) is 6.10. The van der Waals surface area contributed by atoms with E-state index in [0.717, 1.165) is 11.3 Å². The van der Waals surface area contributed by atoms with Crippen LogP contribution in [0.25, 0.3) is 0 Å². The van der Waals surface area contributed by atoms with Crippen molar-refractivity contribution >= 4 is 11.6 Å². The van der Waals surface area contributed by atoms with Crippen LogP contribution in [0.3, 0.4) is 0 Å². The van der Waals surface area contributed by atoms with Crippen molar-refractivity contribution in [2.45, 2.75) is 5.88 Å². The number of rotatable bonds is 1. The van der Waals surface area contributed by atoms with E-state index < -0.39 is 0 Å². The number of terminal acetylenes is 1. The van der Waals surface area contributed by atoms with Gasteiger partial charge < -0.3 is 0 Å². The van der Waals surface area contributed by atoms with Gasteiger partial charge in [-0.15, -0.1) is 18.0 Å². The molecule has 1 aromatic rings. The molecule has 0 saturated carbocycles. The maximum absolute atomic E-state index is 5.55. The Hall–Kier alpha value is -1.00. The van der Waals surface area contributed by atoms with E-state index in [1.54, 1.807) is 12.3 Å². The molecule has 2 heteroatoms. The van der Waals surface area contributed by atoms with Gasteiger partial charge in [-0.2, -0.15) is 0 Å². The maximum atomic E-state index is 5.55. The molecule has 0 radical (unpaired) electrons. The number of alkyl halides is 1. The second-order valence-corrected chi connectivity index (χ2v) is 2.04. The molecule has 0 N–H and O–H groups in total. The largest absolute Gasteiger partial charge is 0.259 e. The first-order valence-electron chi connectivity index (χ1n) is 2.85. The molecule has 1 aromatic heterocycles. The number of aromatic nitrogens is 1. The van der Waals surface area contributed by atoms with Gasteiger partial charge in [0.05, 0.1) is 11.6 Å². The second kappa shape index (κ2) is 3.24. The molecule has 0 aliphatic rings. The van der Waals surface area contributed by atoms with Gasteiger partial charge in [0, 0.05) is 11.8 Å². The van der Waals surface area contributed by atoms with Crippen LogP contribution in [0.1, 0.15) is 11.3 Å². The van der Waals surface area contributed by atoms with Crippen molar-refractivity contribution in [2.75, 3.05) is 0 Å². The Morgan fingerprint density at radius 1 is 1.70 bits per heavy atom. The Morgan fingerprint density at radius 2 is 2.50 bits per heavy atom. The first kappa shape index (κ1) is 7.11. The fourth-order valence-electron chi connectivity index (χ4n) is 0.676. The summed E-state index contributed by atoms with van der Waals surface area (Å²) in [7, 11) is 0. The van der Waals surface area contributed by atoms with Crippen molar-refractivity contribution in [2.24, 2.45) is 0 Å². The van der Waals surface area contributed by atoms with Crippen LogP contribution >= 0.6 is 11.6 Å². The Morgan fingerprint density at radius 3 is 3.00 bits per heavy atom. The van der Waals surface area contributed by atoms with Crippen molar-refractivity contribution in [3.63, 3.8) is 0 Å². The van der Waals surface area contributed by atoms with Crippen LogP contribution in [0.15, 0.2) is 18.3 Å². The highest BCUT2D eigenvalue weighted by atomic mass is 35.5. The van der Waals surface area contributed by atoms with Crippen molar-refractivity contribution < 1.29 is 0 Å². The number of hydrogen-bond donors (Lipinski definition) is 0. The van der Waals surface area contributed by atoms with Gasteiger partial charge >= 0.3 is 0 Å². The molecule has 1 nitrogen and oxygen atoms in total. The van der Waals surface area contributed by atoms with Crippen LogP contribution < -0.4 is 0 Å². The van der Waals surface area contributed by atoms with Gasteiger partial charge in [0.15, 0.2) is 0 Å². The fraction of sp³-hybridized carbons (Fsp3) is 0.125. The highest BCUT2D eigenvalue weighted by Crippen LogP contribution is 2.05. The standard InChI is InChI=1S/C8H6ClN/c1-2-7-4-3-5-10-8(7)6-9/h1,3-5H,6H2. The van der Waals surface area contributed by atoms with Gasteiger partial charge in [-0.1, -0.05) is 5.92 Å². The summed E-state index contributed by atoms with van der Waals surface area (Å²) in [5, 5.41) is 0. The Balaban J connectivity index is 3.12. The lowest BCUT2D eigenvalue weighted by Crippen LogP contribution is -1.88. The third-order valence-electron chi connectivity index (χ3n) is 1.17. The molecular formula is C8H6ClN. The topological polar surface area (TPSA) is 12.9 Å². The summed E-state index contributed by atoms with van der Waals surface area (Å²) in [6.07, 6.45) is 6.86. The highest BCUT2D eigenvalue weighted by molar-refractivity contribution is 6.17. The number of hydrogen-bond acceptors (Lipinski definition) is 1. The van der Waals surface area contributed by atoms with Crippen molar-refractivity contribution in [3.05, 3.63) is 29.6 Å². The second-order valence-electron chi connectivity index (χ2n) is 1.78. The quantitative estimate of drug-likeness (QED) is 0.441. The van der Waals surface area contributed by atoms with Crippen molar-refractivity contribution in [1.82, 2.24) is 4.98 Å². The molecule has 0 spiro atoms. The lowest BCUT2D eigenvalue weighted by Gasteiger charge is -1.95. The lowest BCUT2D eigenvalue weighted by atomic mass is 10.2. The maximum Gasteiger partial charge on any atom is 0.0707 e. The SMILES string of the molecule is C#Cc1cccnc1CCl. The minimum absolute atomic E-state index is 0.375. The molecule has 0 aliphatic heterocycles. The molecule has 1 heterocycles. The monoisotopic (exact) mass is 151 g/mol. The Kier molecular flexibility index (Phi) is 2.30. The third kappa shape index (κ3) is 1.29. The van der Waals surface area contributed by atoms with E-state index in [9.17, 15) is 0 Å². The van der Waals surface area contributed by atoms with Crippen molar-refractivity contribution in [1.29, 1.82) is 0 Å². The normalized spacial score (nSPS) is 8.80. The first-order valence-corrected chi connectivity index (χ1v) is 3.38. The van der Waals surface area contributed by atoms with E-state index in [1.165, 1.54) is 0 Å². The van der Waals surface area contributed by atoms with Crippen molar-refractivity contribution in [3.8, 4) is 12.3 Å². The average molecular weight is 152 g/mol. The summed E-state index contributed by atoms with van der Waals surface area (Å²) < 4.78 is 0. The zero-order chi connectivity index (χ0) is 7.40. The zero-order valence-electron chi connectivity index (χ0n) is 5.34. The Bertz CT molecular complexity index is 262. The Labute approximate surface area is 65.0 Å². The molecule has 0 unspecified atom stereocenters. The van der Waals surface area contributed by atoms with E-state index in [0.29, 0.717) is 5.88 Å². The van der Waals surface area contributed by atoms with Gasteiger partial charge in [0.2, 0.25) is 0 Å². The minimum Gasteiger partial charge on any atom is -0.259 e. The van der Waals surface area contributed by atoms with E-state index in [1.807, 2.05) is 6.07 Å². The predicted molar refractivity (Wildman–Crippen MR) is 41.7 cm³/mol. The van der Waals surface area contributed by atoms with Gasteiger partial charge in [-0.05, 0) is 12.1 Å². The van der Waals surface area contributed by atoms with Crippen LogP contribution in [0, 0.1) is 12.3 Å². The van der Waals surface area contributed by atoms with Crippen LogP contribution in [-0.2, 0) is 5.88 Å². The third-order valence-corrected chi connectivity index (χ3v) is 1.43. The summed E-state index contributed by atoms with van der Waals surface area (Å²) in [6, 6.07) is 3.62. The number of nitrogens with zero attached hydrogens (tertiary/aromatic N) is 1. The van der Waals surface area contributed by atoms with E-state index in [2.05, 4.69) is 10.9 Å². The molecule has 0 aliphatic carbocycles.